The number of oxime groups is 1. The molecule has 0 saturated carbocycles. The van der Waals surface area contributed by atoms with Crippen LogP contribution in [0.25, 0.3) is 0 Å². The zero-order valence-corrected chi connectivity index (χ0v) is 8.82. The van der Waals surface area contributed by atoms with Crippen LogP contribution in [0, 0.1) is 0 Å². The summed E-state index contributed by atoms with van der Waals surface area (Å²) in [5, 5.41) is 11.2. The third kappa shape index (κ3) is 4.41. The van der Waals surface area contributed by atoms with Crippen molar-refractivity contribution in [1.82, 2.24) is 0 Å². The van der Waals surface area contributed by atoms with E-state index >= 15 is 0 Å². The first-order valence-electron chi connectivity index (χ1n) is 3.67. The molecule has 1 N–H and O–H groups in total. The normalized spacial score (nSPS) is 10.1. The van der Waals surface area contributed by atoms with E-state index in [1.165, 1.54) is 6.21 Å². The Bertz CT molecular complexity index is 277. The maximum absolute atomic E-state index is 8.25. The lowest BCUT2D eigenvalue weighted by Gasteiger charge is -1.95. The number of hydrogen-bond donors (Lipinski definition) is 1. The monoisotopic (exact) mass is 236 g/mol. The van der Waals surface area contributed by atoms with Crippen LogP contribution in [-0.2, 0) is 11.5 Å². The molecule has 14 heavy (non-hydrogen) atoms. The molecule has 0 aliphatic heterocycles. The second kappa shape index (κ2) is 7.55. The van der Waals surface area contributed by atoms with Crippen molar-refractivity contribution >= 4 is 17.8 Å². The van der Waals surface area contributed by atoms with Crippen LogP contribution >= 0.6 is 11.6 Å². The van der Waals surface area contributed by atoms with Crippen molar-refractivity contribution in [1.29, 1.82) is 0 Å². The van der Waals surface area contributed by atoms with Crippen molar-refractivity contribution in [3.8, 4) is 0 Å². The quantitative estimate of drug-likeness (QED) is 0.215. The summed E-state index contributed by atoms with van der Waals surface area (Å²) in [7, 11) is 0. The smallest absolute Gasteiger partial charge is 0.253 e. The molecule has 1 heterocycles. The van der Waals surface area contributed by atoms with Crippen molar-refractivity contribution in [3.05, 3.63) is 30.1 Å². The summed E-state index contributed by atoms with van der Waals surface area (Å²) in [6, 6.07) is 3.78. The van der Waals surface area contributed by atoms with Gasteiger partial charge in [0, 0.05) is 17.7 Å². The van der Waals surface area contributed by atoms with Gasteiger partial charge in [0.25, 0.3) is 6.73 Å². The molecule has 0 bridgehead atoms. The van der Waals surface area contributed by atoms with Crippen molar-refractivity contribution in [2.45, 2.75) is 6.73 Å². The van der Waals surface area contributed by atoms with E-state index in [0.717, 1.165) is 5.56 Å². The van der Waals surface area contributed by atoms with E-state index in [2.05, 4.69) is 5.16 Å². The number of hydrogen-bond acceptors (Lipinski definition) is 3. The number of halogens is 2. The standard InChI is InChI=1S/C8H9ClN2O2.ClH/c9-6-13-7-11-3-1-8(2-4-11)5-10-12;/h1-5H,6-7H2;1H. The Kier molecular flexibility index (Phi) is 7.10. The van der Waals surface area contributed by atoms with Crippen LogP contribution in [0.5, 0.6) is 0 Å². The van der Waals surface area contributed by atoms with Gasteiger partial charge in [0.2, 0.25) is 0 Å². The highest BCUT2D eigenvalue weighted by molar-refractivity contribution is 6.17. The molecule has 1 rings (SSSR count). The maximum Gasteiger partial charge on any atom is 0.253 e. The van der Waals surface area contributed by atoms with E-state index in [0.29, 0.717) is 6.73 Å². The molecule has 0 unspecified atom stereocenters. The first-order valence-corrected chi connectivity index (χ1v) is 4.20. The van der Waals surface area contributed by atoms with Crippen LogP contribution < -0.4 is 17.0 Å². The molecule has 0 spiro atoms. The fourth-order valence-electron chi connectivity index (χ4n) is 0.848. The van der Waals surface area contributed by atoms with Gasteiger partial charge in [-0.2, -0.15) is 4.57 Å². The van der Waals surface area contributed by atoms with Crippen molar-refractivity contribution in [2.24, 2.45) is 5.16 Å². The molecule has 78 valence electrons. The Labute approximate surface area is 93.2 Å². The molecule has 0 atom stereocenters. The van der Waals surface area contributed by atoms with Crippen LogP contribution in [0.1, 0.15) is 5.56 Å². The number of ether oxygens (including phenoxy) is 1. The van der Waals surface area contributed by atoms with E-state index < -0.39 is 0 Å². The number of nitrogens with zero attached hydrogens (tertiary/aromatic N) is 2. The Balaban J connectivity index is 0.00000169. The van der Waals surface area contributed by atoms with Crippen molar-refractivity contribution < 1.29 is 26.9 Å². The molecular weight excluding hydrogens is 227 g/mol. The highest BCUT2D eigenvalue weighted by Gasteiger charge is 1.98. The number of pyridine rings is 1. The summed E-state index contributed by atoms with van der Waals surface area (Å²) in [4.78, 5) is 0. The Morgan fingerprint density at radius 1 is 1.50 bits per heavy atom. The first kappa shape index (κ1) is 13.2. The van der Waals surface area contributed by atoms with Gasteiger partial charge in [0.05, 0.1) is 6.21 Å². The minimum absolute atomic E-state index is 0. The van der Waals surface area contributed by atoms with E-state index in [1.807, 2.05) is 17.0 Å². The topological polar surface area (TPSA) is 45.7 Å². The van der Waals surface area contributed by atoms with Gasteiger partial charge in [-0.1, -0.05) is 16.8 Å². The SMILES string of the molecule is ON=Cc1cc[n+](COCCl)cc1.[Cl-]. The van der Waals surface area contributed by atoms with E-state index in [9.17, 15) is 0 Å². The number of aromatic nitrogens is 1. The average Bonchev–Trinajstić information content (AvgIpc) is 2.17. The molecule has 0 aliphatic rings. The number of alkyl halides is 1. The zero-order valence-electron chi connectivity index (χ0n) is 7.31. The number of rotatable bonds is 4. The van der Waals surface area contributed by atoms with Crippen molar-refractivity contribution in [2.75, 3.05) is 6.07 Å². The van der Waals surface area contributed by atoms with Gasteiger partial charge >= 0.3 is 0 Å². The predicted octanol–water partition coefficient (Wildman–Crippen LogP) is -2.04. The van der Waals surface area contributed by atoms with Gasteiger partial charge in [-0.05, 0) is 0 Å². The Morgan fingerprint density at radius 3 is 2.64 bits per heavy atom. The van der Waals surface area contributed by atoms with Gasteiger partial charge in [0.15, 0.2) is 12.4 Å². The summed E-state index contributed by atoms with van der Waals surface area (Å²) in [6.45, 7) is 0.417. The highest BCUT2D eigenvalue weighted by Crippen LogP contribution is 1.90. The summed E-state index contributed by atoms with van der Waals surface area (Å²) in [5.74, 6) is 0. The van der Waals surface area contributed by atoms with Gasteiger partial charge in [-0.25, -0.2) is 0 Å². The molecule has 0 amide bonds. The lowest BCUT2D eigenvalue weighted by molar-refractivity contribution is -0.731. The zero-order chi connectivity index (χ0) is 9.52. The third-order valence-electron chi connectivity index (χ3n) is 1.44. The van der Waals surface area contributed by atoms with Gasteiger partial charge < -0.3 is 22.4 Å². The molecule has 0 aliphatic carbocycles. The third-order valence-corrected chi connectivity index (χ3v) is 1.60. The Morgan fingerprint density at radius 2 is 2.14 bits per heavy atom. The van der Waals surface area contributed by atoms with Crippen LogP contribution in [0.2, 0.25) is 0 Å². The molecule has 1 aromatic heterocycles. The van der Waals surface area contributed by atoms with Crippen LogP contribution in [0.15, 0.2) is 29.7 Å². The van der Waals surface area contributed by atoms with Gasteiger partial charge in [0.1, 0.15) is 6.07 Å². The fraction of sp³-hybridized carbons (Fsp3) is 0.250. The maximum atomic E-state index is 8.25. The van der Waals surface area contributed by atoms with E-state index in [-0.39, 0.29) is 18.5 Å². The lowest BCUT2D eigenvalue weighted by atomic mass is 10.3. The molecule has 0 radical (unpaired) electrons. The summed E-state index contributed by atoms with van der Waals surface area (Å²) < 4.78 is 6.78. The molecule has 0 aromatic carbocycles. The van der Waals surface area contributed by atoms with Gasteiger partial charge in [-0.3, -0.25) is 0 Å². The van der Waals surface area contributed by atoms with Gasteiger partial charge in [-0.15, -0.1) is 0 Å². The van der Waals surface area contributed by atoms with Crippen LogP contribution in [-0.4, -0.2) is 17.5 Å². The first-order chi connectivity index (χ1) is 6.36. The van der Waals surface area contributed by atoms with Crippen LogP contribution in [0.4, 0.5) is 0 Å². The second-order valence-corrected chi connectivity index (χ2v) is 2.55. The molecular formula is C8H10Cl2N2O2. The molecule has 0 fully saturated rings. The Hall–Kier alpha value is -0.840. The van der Waals surface area contributed by atoms with E-state index in [1.54, 1.807) is 12.1 Å². The fourth-order valence-corrected chi connectivity index (χ4v) is 0.917. The predicted molar refractivity (Wildman–Crippen MR) is 47.8 cm³/mol. The van der Waals surface area contributed by atoms with E-state index in [4.69, 9.17) is 21.5 Å². The molecule has 0 saturated heterocycles. The largest absolute Gasteiger partial charge is 1.00 e. The average molecular weight is 237 g/mol. The second-order valence-electron chi connectivity index (χ2n) is 2.33. The summed E-state index contributed by atoms with van der Waals surface area (Å²) in [5.41, 5.74) is 0.824. The lowest BCUT2D eigenvalue weighted by Crippen LogP contribution is -3.00. The summed E-state index contributed by atoms with van der Waals surface area (Å²) >= 11 is 5.34. The molecule has 4 nitrogen and oxygen atoms in total. The van der Waals surface area contributed by atoms with Crippen LogP contribution in [0.3, 0.4) is 0 Å². The minimum Gasteiger partial charge on any atom is -1.00 e. The molecule has 6 heteroatoms. The minimum atomic E-state index is 0. The van der Waals surface area contributed by atoms with Crippen molar-refractivity contribution in [3.63, 3.8) is 0 Å². The summed E-state index contributed by atoms with van der Waals surface area (Å²) in [6.07, 6.45) is 4.97. The molecule has 1 aromatic rings. The highest BCUT2D eigenvalue weighted by atomic mass is 35.5.